The molecule has 1 aliphatic heterocycles. The van der Waals surface area contributed by atoms with Gasteiger partial charge in [-0.25, -0.2) is 0 Å². The molecule has 18 heavy (non-hydrogen) atoms. The Morgan fingerprint density at radius 3 is 2.28 bits per heavy atom. The first-order valence-corrected chi connectivity index (χ1v) is 7.65. The van der Waals surface area contributed by atoms with E-state index < -0.39 is 10.2 Å². The second-order valence-electron chi connectivity index (χ2n) is 4.62. The van der Waals surface area contributed by atoms with Crippen LogP contribution in [0.4, 0.5) is 5.69 Å². The van der Waals surface area contributed by atoms with E-state index in [4.69, 9.17) is 4.52 Å². The summed E-state index contributed by atoms with van der Waals surface area (Å²) in [6, 6.07) is 0. The fourth-order valence-corrected chi connectivity index (χ4v) is 3.52. The number of nitrogens with one attached hydrogen (secondary N) is 1. The van der Waals surface area contributed by atoms with Gasteiger partial charge in [-0.3, -0.25) is 4.72 Å². The predicted octanol–water partition coefficient (Wildman–Crippen LogP) is 1.82. The lowest BCUT2D eigenvalue weighted by atomic mass is 10.2. The fraction of sp³-hybridized carbons (Fsp3) is 0.727. The van der Waals surface area contributed by atoms with Crippen LogP contribution in [0.25, 0.3) is 0 Å². The van der Waals surface area contributed by atoms with E-state index in [2.05, 4.69) is 9.88 Å². The van der Waals surface area contributed by atoms with Crippen molar-refractivity contribution in [3.05, 3.63) is 11.5 Å². The molecular formula is C11H19N3O3S. The highest BCUT2D eigenvalue weighted by Crippen LogP contribution is 2.22. The van der Waals surface area contributed by atoms with E-state index in [1.165, 1.54) is 4.31 Å². The molecule has 1 aliphatic rings. The molecule has 1 aromatic rings. The molecule has 2 heterocycles. The van der Waals surface area contributed by atoms with Crippen molar-refractivity contribution in [3.63, 3.8) is 0 Å². The van der Waals surface area contributed by atoms with Crippen molar-refractivity contribution < 1.29 is 12.9 Å². The van der Waals surface area contributed by atoms with Gasteiger partial charge in [-0.2, -0.15) is 12.7 Å². The number of anilines is 1. The van der Waals surface area contributed by atoms with Crippen molar-refractivity contribution in [1.82, 2.24) is 9.46 Å². The maximum atomic E-state index is 12.3. The normalized spacial score (nSPS) is 18.6. The summed E-state index contributed by atoms with van der Waals surface area (Å²) in [4.78, 5) is 0. The maximum Gasteiger partial charge on any atom is 0.301 e. The van der Waals surface area contributed by atoms with E-state index >= 15 is 0 Å². The van der Waals surface area contributed by atoms with Crippen molar-refractivity contribution in [2.24, 2.45) is 0 Å². The SMILES string of the molecule is Cc1noc(C)c1NS(=O)(=O)N1CCCCCC1. The Hall–Kier alpha value is -1.08. The lowest BCUT2D eigenvalue weighted by Crippen LogP contribution is -2.36. The van der Waals surface area contributed by atoms with Crippen LogP contribution in [0.5, 0.6) is 0 Å². The third-order valence-electron chi connectivity index (χ3n) is 3.17. The Bertz CT molecular complexity index is 482. The highest BCUT2D eigenvalue weighted by Gasteiger charge is 2.25. The smallest absolute Gasteiger partial charge is 0.301 e. The van der Waals surface area contributed by atoms with E-state index in [1.54, 1.807) is 13.8 Å². The first-order chi connectivity index (χ1) is 8.50. The molecule has 0 aliphatic carbocycles. The van der Waals surface area contributed by atoms with Crippen LogP contribution in [0.2, 0.25) is 0 Å². The molecule has 2 rings (SSSR count). The Balaban J connectivity index is 2.16. The third-order valence-corrected chi connectivity index (χ3v) is 4.68. The highest BCUT2D eigenvalue weighted by atomic mass is 32.2. The van der Waals surface area contributed by atoms with Crippen LogP contribution in [0, 0.1) is 13.8 Å². The molecule has 102 valence electrons. The zero-order valence-corrected chi connectivity index (χ0v) is 11.6. The van der Waals surface area contributed by atoms with Gasteiger partial charge < -0.3 is 4.52 Å². The van der Waals surface area contributed by atoms with Crippen LogP contribution < -0.4 is 4.72 Å². The number of nitrogens with zero attached hydrogens (tertiary/aromatic N) is 2. The Morgan fingerprint density at radius 2 is 1.78 bits per heavy atom. The Kier molecular flexibility index (Phi) is 3.91. The molecule has 0 atom stereocenters. The summed E-state index contributed by atoms with van der Waals surface area (Å²) in [5.74, 6) is 0.492. The molecule has 0 bridgehead atoms. The number of hydrogen-bond donors (Lipinski definition) is 1. The van der Waals surface area contributed by atoms with Crippen LogP contribution in [-0.2, 0) is 10.2 Å². The quantitative estimate of drug-likeness (QED) is 0.911. The van der Waals surface area contributed by atoms with Crippen LogP contribution in [0.15, 0.2) is 4.52 Å². The topological polar surface area (TPSA) is 75.4 Å². The molecule has 0 unspecified atom stereocenters. The van der Waals surface area contributed by atoms with Gasteiger partial charge in [0.1, 0.15) is 11.4 Å². The minimum absolute atomic E-state index is 0.458. The van der Waals surface area contributed by atoms with Crippen LogP contribution in [0.3, 0.4) is 0 Å². The molecule has 0 amide bonds. The molecule has 1 aromatic heterocycles. The van der Waals surface area contributed by atoms with Crippen LogP contribution >= 0.6 is 0 Å². The summed E-state index contributed by atoms with van der Waals surface area (Å²) in [5.41, 5.74) is 1.02. The maximum absolute atomic E-state index is 12.3. The van der Waals surface area contributed by atoms with Gasteiger partial charge in [-0.15, -0.1) is 0 Å². The van der Waals surface area contributed by atoms with Gasteiger partial charge in [0, 0.05) is 13.1 Å². The number of aromatic nitrogens is 1. The van der Waals surface area contributed by atoms with Crippen LogP contribution in [-0.4, -0.2) is 31.0 Å². The average molecular weight is 273 g/mol. The van der Waals surface area contributed by atoms with Crippen molar-refractivity contribution in [2.45, 2.75) is 39.5 Å². The number of aryl methyl sites for hydroxylation is 2. The lowest BCUT2D eigenvalue weighted by molar-refractivity contribution is 0.393. The van der Waals surface area contributed by atoms with Gasteiger partial charge in [-0.1, -0.05) is 18.0 Å². The zero-order valence-electron chi connectivity index (χ0n) is 10.8. The summed E-state index contributed by atoms with van der Waals surface area (Å²) < 4.78 is 33.5. The summed E-state index contributed by atoms with van der Waals surface area (Å²) in [6.07, 6.45) is 4.03. The molecule has 7 heteroatoms. The Labute approximate surface area is 108 Å². The molecule has 6 nitrogen and oxygen atoms in total. The highest BCUT2D eigenvalue weighted by molar-refractivity contribution is 7.90. The summed E-state index contributed by atoms with van der Waals surface area (Å²) >= 11 is 0. The average Bonchev–Trinajstić information content (AvgIpc) is 2.60. The molecule has 0 aromatic carbocycles. The van der Waals surface area contributed by atoms with E-state index in [0.717, 1.165) is 25.7 Å². The first kappa shape index (κ1) is 13.4. The summed E-state index contributed by atoms with van der Waals surface area (Å²) in [6.45, 7) is 4.58. The largest absolute Gasteiger partial charge is 0.359 e. The fourth-order valence-electron chi connectivity index (χ4n) is 2.10. The van der Waals surface area contributed by atoms with E-state index in [0.29, 0.717) is 30.2 Å². The van der Waals surface area contributed by atoms with Gasteiger partial charge in [0.05, 0.1) is 0 Å². The van der Waals surface area contributed by atoms with Crippen LogP contribution in [0.1, 0.15) is 37.1 Å². The van der Waals surface area contributed by atoms with Crippen molar-refractivity contribution >= 4 is 15.9 Å². The second kappa shape index (κ2) is 5.27. The van der Waals surface area contributed by atoms with Gasteiger partial charge in [0.2, 0.25) is 0 Å². The van der Waals surface area contributed by atoms with E-state index in [1.807, 2.05) is 0 Å². The molecule has 0 saturated carbocycles. The van der Waals surface area contributed by atoms with Gasteiger partial charge >= 0.3 is 10.2 Å². The standard InChI is InChI=1S/C11H19N3O3S/c1-9-11(10(2)17-12-9)13-18(15,16)14-7-5-3-4-6-8-14/h13H,3-8H2,1-2H3. The van der Waals surface area contributed by atoms with Gasteiger partial charge in [-0.05, 0) is 26.7 Å². The Morgan fingerprint density at radius 1 is 1.17 bits per heavy atom. The predicted molar refractivity (Wildman–Crippen MR) is 68.6 cm³/mol. The second-order valence-corrected chi connectivity index (χ2v) is 6.29. The minimum Gasteiger partial charge on any atom is -0.359 e. The summed E-state index contributed by atoms with van der Waals surface area (Å²) in [7, 11) is -3.49. The number of rotatable bonds is 3. The molecule has 0 spiro atoms. The lowest BCUT2D eigenvalue weighted by Gasteiger charge is -2.20. The first-order valence-electron chi connectivity index (χ1n) is 6.21. The van der Waals surface area contributed by atoms with Gasteiger partial charge in [0.15, 0.2) is 5.76 Å². The monoisotopic (exact) mass is 273 g/mol. The number of hydrogen-bond acceptors (Lipinski definition) is 4. The zero-order chi connectivity index (χ0) is 13.2. The summed E-state index contributed by atoms with van der Waals surface area (Å²) in [5, 5.41) is 3.74. The van der Waals surface area contributed by atoms with Crippen molar-refractivity contribution in [3.8, 4) is 0 Å². The third kappa shape index (κ3) is 2.84. The molecular weight excluding hydrogens is 254 g/mol. The molecule has 0 radical (unpaired) electrons. The van der Waals surface area contributed by atoms with Crippen molar-refractivity contribution in [1.29, 1.82) is 0 Å². The molecule has 1 fully saturated rings. The minimum atomic E-state index is -3.49. The molecule has 1 N–H and O–H groups in total. The van der Waals surface area contributed by atoms with E-state index in [9.17, 15) is 8.42 Å². The molecule has 1 saturated heterocycles. The van der Waals surface area contributed by atoms with E-state index in [-0.39, 0.29) is 0 Å². The van der Waals surface area contributed by atoms with Gasteiger partial charge in [0.25, 0.3) is 0 Å². The van der Waals surface area contributed by atoms with Crippen molar-refractivity contribution in [2.75, 3.05) is 17.8 Å².